The molecule has 2 amide bonds. The summed E-state index contributed by atoms with van der Waals surface area (Å²) < 4.78 is 0. The number of amides is 2. The number of carbonyl (C=O) groups is 2. The van der Waals surface area contributed by atoms with E-state index in [-0.39, 0.29) is 17.7 Å². The monoisotopic (exact) mass is 403 g/mol. The van der Waals surface area contributed by atoms with Crippen molar-refractivity contribution in [1.29, 1.82) is 0 Å². The predicted octanol–water partition coefficient (Wildman–Crippen LogP) is 3.86. The van der Waals surface area contributed by atoms with Gasteiger partial charge in [-0.3, -0.25) is 9.59 Å². The zero-order valence-electron chi connectivity index (χ0n) is 15.3. The highest BCUT2D eigenvalue weighted by Gasteiger charge is 2.32. The van der Waals surface area contributed by atoms with E-state index in [2.05, 4.69) is 4.98 Å². The Morgan fingerprint density at radius 2 is 1.85 bits per heavy atom. The molecule has 0 N–H and O–H groups in total. The molecule has 0 spiro atoms. The Hall–Kier alpha value is -1.92. The maximum Gasteiger partial charge on any atom is 0.265 e. The third-order valence-electron chi connectivity index (χ3n) is 5.40. The summed E-state index contributed by atoms with van der Waals surface area (Å²) in [5.41, 5.74) is 1.67. The average Bonchev–Trinajstić information content (AvgIpc) is 3.01. The number of piperazine rings is 1. The number of carbonyl (C=O) groups excluding carboxylic acids is 2. The normalized spacial score (nSPS) is 17.7. The van der Waals surface area contributed by atoms with Crippen molar-refractivity contribution in [2.45, 2.75) is 26.2 Å². The lowest BCUT2D eigenvalue weighted by molar-refractivity contribution is -0.139. The highest BCUT2D eigenvalue weighted by molar-refractivity contribution is 7.17. The van der Waals surface area contributed by atoms with E-state index in [1.54, 1.807) is 0 Å². The van der Waals surface area contributed by atoms with Crippen LogP contribution in [-0.2, 0) is 4.79 Å². The van der Waals surface area contributed by atoms with Crippen molar-refractivity contribution in [1.82, 2.24) is 14.8 Å². The molecule has 27 heavy (non-hydrogen) atoms. The van der Waals surface area contributed by atoms with Crippen molar-refractivity contribution >= 4 is 34.8 Å². The largest absolute Gasteiger partial charge is 0.339 e. The minimum Gasteiger partial charge on any atom is -0.339 e. The van der Waals surface area contributed by atoms with E-state index in [0.29, 0.717) is 36.1 Å². The molecule has 0 bridgehead atoms. The maximum absolute atomic E-state index is 13.0. The van der Waals surface area contributed by atoms with Gasteiger partial charge in [0, 0.05) is 42.7 Å². The molecule has 1 saturated carbocycles. The first-order valence-electron chi connectivity index (χ1n) is 9.34. The van der Waals surface area contributed by atoms with E-state index in [4.69, 9.17) is 11.6 Å². The number of nitrogens with zero attached hydrogens (tertiary/aromatic N) is 3. The summed E-state index contributed by atoms with van der Waals surface area (Å²) in [6.07, 6.45) is 3.20. The number of aryl methyl sites for hydroxylation is 1. The van der Waals surface area contributed by atoms with Gasteiger partial charge >= 0.3 is 0 Å². The second-order valence-corrected chi connectivity index (χ2v) is 8.62. The molecule has 142 valence electrons. The second-order valence-electron chi connectivity index (χ2n) is 7.19. The van der Waals surface area contributed by atoms with Crippen LogP contribution in [0.15, 0.2) is 24.3 Å². The Bertz CT molecular complexity index is 870. The first kappa shape index (κ1) is 18.4. The van der Waals surface area contributed by atoms with E-state index < -0.39 is 0 Å². The summed E-state index contributed by atoms with van der Waals surface area (Å²) in [6, 6.07) is 7.51. The van der Waals surface area contributed by atoms with Gasteiger partial charge in [-0.15, -0.1) is 11.3 Å². The Labute approximate surface area is 167 Å². The van der Waals surface area contributed by atoms with E-state index in [1.165, 1.54) is 11.3 Å². The summed E-state index contributed by atoms with van der Waals surface area (Å²) in [4.78, 5) is 34.4. The molecule has 1 saturated heterocycles. The molecular formula is C20H22ClN3O2S. The lowest BCUT2D eigenvalue weighted by Gasteiger charge is -2.38. The molecule has 4 rings (SSSR count). The lowest BCUT2D eigenvalue weighted by atomic mass is 9.84. The number of thiazole rings is 1. The van der Waals surface area contributed by atoms with Gasteiger partial charge in [-0.05, 0) is 31.9 Å². The molecule has 5 nitrogen and oxygen atoms in total. The molecule has 2 heterocycles. The molecule has 1 aliphatic carbocycles. The molecule has 1 aromatic carbocycles. The van der Waals surface area contributed by atoms with Crippen LogP contribution < -0.4 is 0 Å². The summed E-state index contributed by atoms with van der Waals surface area (Å²) in [6.45, 7) is 4.29. The predicted molar refractivity (Wildman–Crippen MR) is 107 cm³/mol. The van der Waals surface area contributed by atoms with E-state index in [0.717, 1.165) is 35.5 Å². The minimum absolute atomic E-state index is 0.00835. The fourth-order valence-corrected chi connectivity index (χ4v) is 4.75. The number of rotatable bonds is 3. The maximum atomic E-state index is 13.0. The Morgan fingerprint density at radius 3 is 2.48 bits per heavy atom. The van der Waals surface area contributed by atoms with Gasteiger partial charge in [0.1, 0.15) is 9.88 Å². The Balaban J connectivity index is 1.43. The third kappa shape index (κ3) is 3.73. The first-order valence-corrected chi connectivity index (χ1v) is 10.5. The number of benzene rings is 1. The van der Waals surface area contributed by atoms with Gasteiger partial charge in [-0.2, -0.15) is 0 Å². The zero-order valence-corrected chi connectivity index (χ0v) is 16.9. The number of aromatic nitrogens is 1. The van der Waals surface area contributed by atoms with Gasteiger partial charge < -0.3 is 9.80 Å². The van der Waals surface area contributed by atoms with Crippen molar-refractivity contribution < 1.29 is 9.59 Å². The van der Waals surface area contributed by atoms with Gasteiger partial charge in [-0.1, -0.05) is 30.2 Å². The average molecular weight is 404 g/mol. The van der Waals surface area contributed by atoms with Crippen LogP contribution in [0.2, 0.25) is 5.02 Å². The van der Waals surface area contributed by atoms with Crippen LogP contribution >= 0.6 is 22.9 Å². The molecule has 0 radical (unpaired) electrons. The minimum atomic E-state index is 0.00835. The Kier molecular flexibility index (Phi) is 5.19. The highest BCUT2D eigenvalue weighted by atomic mass is 35.5. The quantitative estimate of drug-likeness (QED) is 0.782. The standard InChI is InChI=1S/C20H22ClN3O2S/c1-13-17(27-18(22-13)15-6-3-7-16(21)12-15)20(26)24-10-8-23(9-11-24)19(25)14-4-2-5-14/h3,6-7,12,14H,2,4-5,8-11H2,1H3. The number of hydrogen-bond donors (Lipinski definition) is 0. The van der Waals surface area contributed by atoms with Crippen LogP contribution in [0.25, 0.3) is 10.6 Å². The second kappa shape index (κ2) is 7.60. The van der Waals surface area contributed by atoms with Crippen molar-refractivity contribution in [3.8, 4) is 10.6 Å². The smallest absolute Gasteiger partial charge is 0.265 e. The third-order valence-corrected chi connectivity index (χ3v) is 6.82. The summed E-state index contributed by atoms with van der Waals surface area (Å²) in [5.74, 6) is 0.496. The van der Waals surface area contributed by atoms with Crippen LogP contribution in [0.3, 0.4) is 0 Å². The van der Waals surface area contributed by atoms with Gasteiger partial charge in [0.2, 0.25) is 5.91 Å². The fraction of sp³-hybridized carbons (Fsp3) is 0.450. The van der Waals surface area contributed by atoms with Gasteiger partial charge in [0.15, 0.2) is 0 Å². The van der Waals surface area contributed by atoms with Crippen molar-refractivity contribution in [3.05, 3.63) is 39.9 Å². The van der Waals surface area contributed by atoms with Gasteiger partial charge in [0.05, 0.1) is 5.69 Å². The molecule has 0 atom stereocenters. The van der Waals surface area contributed by atoms with Crippen LogP contribution in [0, 0.1) is 12.8 Å². The molecule has 7 heteroatoms. The number of hydrogen-bond acceptors (Lipinski definition) is 4. The van der Waals surface area contributed by atoms with E-state index >= 15 is 0 Å². The fourth-order valence-electron chi connectivity index (χ4n) is 3.53. The van der Waals surface area contributed by atoms with Gasteiger partial charge in [-0.25, -0.2) is 4.98 Å². The molecule has 2 aliphatic rings. The lowest BCUT2D eigenvalue weighted by Crippen LogP contribution is -2.52. The molecule has 0 unspecified atom stereocenters. The first-order chi connectivity index (χ1) is 13.0. The summed E-state index contributed by atoms with van der Waals surface area (Å²) in [7, 11) is 0. The van der Waals surface area contributed by atoms with E-state index in [9.17, 15) is 9.59 Å². The van der Waals surface area contributed by atoms with Crippen LogP contribution in [0.1, 0.15) is 34.6 Å². The molecule has 1 aromatic heterocycles. The van der Waals surface area contributed by atoms with Crippen LogP contribution in [0.4, 0.5) is 0 Å². The van der Waals surface area contributed by atoms with Crippen molar-refractivity contribution in [2.24, 2.45) is 5.92 Å². The zero-order chi connectivity index (χ0) is 19.0. The van der Waals surface area contributed by atoms with E-state index in [1.807, 2.05) is 41.0 Å². The summed E-state index contributed by atoms with van der Waals surface area (Å²) >= 11 is 7.48. The van der Waals surface area contributed by atoms with Crippen LogP contribution in [0.5, 0.6) is 0 Å². The highest BCUT2D eigenvalue weighted by Crippen LogP contribution is 2.31. The molecule has 1 aliphatic heterocycles. The summed E-state index contributed by atoms with van der Waals surface area (Å²) in [5, 5.41) is 1.46. The van der Waals surface area contributed by atoms with Crippen molar-refractivity contribution in [2.75, 3.05) is 26.2 Å². The van der Waals surface area contributed by atoms with Crippen LogP contribution in [-0.4, -0.2) is 52.8 Å². The Morgan fingerprint density at radius 1 is 1.15 bits per heavy atom. The number of halogens is 1. The molecular weight excluding hydrogens is 382 g/mol. The SMILES string of the molecule is Cc1nc(-c2cccc(Cl)c2)sc1C(=O)N1CCN(C(=O)C2CCC2)CC1. The molecule has 2 fully saturated rings. The molecule has 2 aromatic rings. The van der Waals surface area contributed by atoms with Crippen molar-refractivity contribution in [3.63, 3.8) is 0 Å². The topological polar surface area (TPSA) is 53.5 Å². The van der Waals surface area contributed by atoms with Gasteiger partial charge in [0.25, 0.3) is 5.91 Å².